The van der Waals surface area contributed by atoms with E-state index in [1.165, 1.54) is 5.69 Å². The number of thiazole rings is 1. The molecule has 138 valence electrons. The Labute approximate surface area is 158 Å². The molecule has 0 saturated carbocycles. The van der Waals surface area contributed by atoms with E-state index in [0.29, 0.717) is 0 Å². The van der Waals surface area contributed by atoms with Crippen molar-refractivity contribution in [3.63, 3.8) is 0 Å². The minimum atomic E-state index is -0.110. The molecule has 1 aliphatic rings. The molecular formula is C20H25N3O2S. The maximum absolute atomic E-state index is 12.1. The van der Waals surface area contributed by atoms with Gasteiger partial charge in [0.05, 0.1) is 30.0 Å². The Morgan fingerprint density at radius 2 is 2.08 bits per heavy atom. The van der Waals surface area contributed by atoms with E-state index in [0.717, 1.165) is 49.0 Å². The lowest BCUT2D eigenvalue weighted by Crippen LogP contribution is -2.36. The van der Waals surface area contributed by atoms with E-state index >= 15 is 0 Å². The van der Waals surface area contributed by atoms with Crippen LogP contribution in [0.4, 0.5) is 5.69 Å². The Balaban J connectivity index is 1.54. The Bertz CT molecular complexity index is 749. The molecule has 1 N–H and O–H groups in total. The Hall–Kier alpha value is -2.18. The van der Waals surface area contributed by atoms with Crippen LogP contribution >= 0.6 is 11.3 Å². The topological polar surface area (TPSA) is 54.5 Å². The van der Waals surface area contributed by atoms with Crippen LogP contribution in [0.15, 0.2) is 35.7 Å². The van der Waals surface area contributed by atoms with Gasteiger partial charge in [0.15, 0.2) is 0 Å². The van der Waals surface area contributed by atoms with Crippen LogP contribution < -0.4 is 10.2 Å². The van der Waals surface area contributed by atoms with E-state index in [2.05, 4.69) is 34.3 Å². The lowest BCUT2D eigenvalue weighted by Gasteiger charge is -2.28. The fraction of sp³-hybridized carbons (Fsp3) is 0.400. The maximum atomic E-state index is 12.1. The van der Waals surface area contributed by atoms with Gasteiger partial charge in [-0.3, -0.25) is 4.79 Å². The molecule has 26 heavy (non-hydrogen) atoms. The van der Waals surface area contributed by atoms with E-state index in [1.807, 2.05) is 30.5 Å². The summed E-state index contributed by atoms with van der Waals surface area (Å²) in [6.07, 6.45) is 4.34. The predicted molar refractivity (Wildman–Crippen MR) is 107 cm³/mol. The van der Waals surface area contributed by atoms with Crippen LogP contribution in [0, 0.1) is 0 Å². The van der Waals surface area contributed by atoms with Crippen molar-refractivity contribution in [2.45, 2.75) is 26.3 Å². The van der Waals surface area contributed by atoms with Crippen molar-refractivity contribution in [3.05, 3.63) is 52.0 Å². The van der Waals surface area contributed by atoms with Gasteiger partial charge in [-0.15, -0.1) is 11.3 Å². The first kappa shape index (κ1) is 18.6. The monoisotopic (exact) mass is 371 g/mol. The van der Waals surface area contributed by atoms with Crippen LogP contribution in [0.3, 0.4) is 0 Å². The van der Waals surface area contributed by atoms with Crippen LogP contribution in [-0.2, 0) is 16.0 Å². The SMILES string of the molecule is CCc1nc(C(C)NC(=O)/C=C/c2ccc(N3CCOCC3)cc2)cs1. The van der Waals surface area contributed by atoms with E-state index in [9.17, 15) is 4.79 Å². The van der Waals surface area contributed by atoms with E-state index in [4.69, 9.17) is 4.74 Å². The van der Waals surface area contributed by atoms with Crippen LogP contribution in [-0.4, -0.2) is 37.2 Å². The molecule has 1 atom stereocenters. The van der Waals surface area contributed by atoms with Gasteiger partial charge in [0.1, 0.15) is 0 Å². The second-order valence-corrected chi connectivity index (χ2v) is 7.22. The van der Waals surface area contributed by atoms with Crippen molar-refractivity contribution in [2.24, 2.45) is 0 Å². The number of morpholine rings is 1. The van der Waals surface area contributed by atoms with Gasteiger partial charge in [-0.05, 0) is 37.1 Å². The molecule has 5 nitrogen and oxygen atoms in total. The summed E-state index contributed by atoms with van der Waals surface area (Å²) in [6, 6.07) is 8.16. The summed E-state index contributed by atoms with van der Waals surface area (Å²) in [5, 5.41) is 6.07. The molecule has 1 aliphatic heterocycles. The average molecular weight is 372 g/mol. The van der Waals surface area contributed by atoms with Crippen LogP contribution in [0.2, 0.25) is 0 Å². The highest BCUT2D eigenvalue weighted by Gasteiger charge is 2.12. The first-order valence-electron chi connectivity index (χ1n) is 9.01. The smallest absolute Gasteiger partial charge is 0.244 e. The number of aromatic nitrogens is 1. The van der Waals surface area contributed by atoms with Gasteiger partial charge >= 0.3 is 0 Å². The minimum Gasteiger partial charge on any atom is -0.378 e. The Kier molecular flexibility index (Phi) is 6.41. The zero-order valence-electron chi connectivity index (χ0n) is 15.3. The molecule has 2 aromatic rings. The number of carbonyl (C=O) groups is 1. The molecule has 1 aromatic heterocycles. The van der Waals surface area contributed by atoms with E-state index < -0.39 is 0 Å². The molecular weight excluding hydrogens is 346 g/mol. The number of benzene rings is 1. The highest BCUT2D eigenvalue weighted by molar-refractivity contribution is 7.09. The van der Waals surface area contributed by atoms with Gasteiger partial charge in [-0.2, -0.15) is 0 Å². The lowest BCUT2D eigenvalue weighted by molar-refractivity contribution is -0.117. The van der Waals surface area contributed by atoms with Gasteiger partial charge in [0.25, 0.3) is 0 Å². The largest absolute Gasteiger partial charge is 0.378 e. The molecule has 0 bridgehead atoms. The van der Waals surface area contributed by atoms with Gasteiger partial charge in [0, 0.05) is 30.2 Å². The molecule has 1 unspecified atom stereocenters. The molecule has 1 fully saturated rings. The number of hydrogen-bond acceptors (Lipinski definition) is 5. The number of nitrogens with zero attached hydrogens (tertiary/aromatic N) is 2. The van der Waals surface area contributed by atoms with Gasteiger partial charge in [-0.1, -0.05) is 19.1 Å². The molecule has 0 spiro atoms. The summed E-state index contributed by atoms with van der Waals surface area (Å²) in [5.74, 6) is -0.110. The molecule has 1 saturated heterocycles. The summed E-state index contributed by atoms with van der Waals surface area (Å²) in [6.45, 7) is 7.44. The van der Waals surface area contributed by atoms with Crippen LogP contribution in [0.5, 0.6) is 0 Å². The molecule has 2 heterocycles. The quantitative estimate of drug-likeness (QED) is 0.791. The van der Waals surface area contributed by atoms with Crippen molar-refractivity contribution < 1.29 is 9.53 Å². The highest BCUT2D eigenvalue weighted by atomic mass is 32.1. The first-order chi connectivity index (χ1) is 12.7. The third-order valence-electron chi connectivity index (χ3n) is 4.37. The summed E-state index contributed by atoms with van der Waals surface area (Å²) < 4.78 is 5.38. The van der Waals surface area contributed by atoms with Crippen molar-refractivity contribution in [1.29, 1.82) is 0 Å². The number of anilines is 1. The molecule has 0 radical (unpaired) electrons. The van der Waals surface area contributed by atoms with Crippen LogP contribution in [0.1, 0.15) is 36.2 Å². The third kappa shape index (κ3) is 4.93. The number of amides is 1. The summed E-state index contributed by atoms with van der Waals surface area (Å²) in [5.41, 5.74) is 3.12. The fourth-order valence-corrected chi connectivity index (χ4v) is 3.65. The summed E-state index contributed by atoms with van der Waals surface area (Å²) >= 11 is 1.64. The molecule has 0 aliphatic carbocycles. The lowest BCUT2D eigenvalue weighted by atomic mass is 10.1. The predicted octanol–water partition coefficient (Wildman–Crippen LogP) is 3.43. The Morgan fingerprint density at radius 1 is 1.35 bits per heavy atom. The van der Waals surface area contributed by atoms with E-state index in [1.54, 1.807) is 17.4 Å². The third-order valence-corrected chi connectivity index (χ3v) is 5.38. The first-order valence-corrected chi connectivity index (χ1v) is 9.89. The van der Waals surface area contributed by atoms with Gasteiger partial charge in [0.2, 0.25) is 5.91 Å². The normalized spacial score (nSPS) is 16.0. The molecule has 6 heteroatoms. The number of rotatable bonds is 6. The van der Waals surface area contributed by atoms with Gasteiger partial charge in [-0.25, -0.2) is 4.98 Å². The number of hydrogen-bond donors (Lipinski definition) is 1. The fourth-order valence-electron chi connectivity index (χ4n) is 2.81. The minimum absolute atomic E-state index is 0.0904. The number of aryl methyl sites for hydroxylation is 1. The van der Waals surface area contributed by atoms with Crippen molar-refractivity contribution in [1.82, 2.24) is 10.3 Å². The molecule has 1 amide bonds. The van der Waals surface area contributed by atoms with Crippen LogP contribution in [0.25, 0.3) is 6.08 Å². The maximum Gasteiger partial charge on any atom is 0.244 e. The average Bonchev–Trinajstić information content (AvgIpc) is 3.17. The molecule has 1 aromatic carbocycles. The van der Waals surface area contributed by atoms with Crippen molar-refractivity contribution >= 4 is 29.0 Å². The standard InChI is InChI=1S/C20H25N3O2S/c1-3-20-22-18(14-26-20)15(2)21-19(24)9-6-16-4-7-17(8-5-16)23-10-12-25-13-11-23/h4-9,14-15H,3,10-13H2,1-2H3,(H,21,24)/b9-6+. The highest BCUT2D eigenvalue weighted by Crippen LogP contribution is 2.18. The number of ether oxygens (including phenoxy) is 1. The van der Waals surface area contributed by atoms with E-state index in [-0.39, 0.29) is 11.9 Å². The second kappa shape index (κ2) is 8.96. The zero-order valence-corrected chi connectivity index (χ0v) is 16.1. The zero-order chi connectivity index (χ0) is 18.4. The Morgan fingerprint density at radius 3 is 2.73 bits per heavy atom. The number of carbonyl (C=O) groups excluding carboxylic acids is 1. The van der Waals surface area contributed by atoms with Crippen molar-refractivity contribution in [3.8, 4) is 0 Å². The van der Waals surface area contributed by atoms with Crippen molar-refractivity contribution in [2.75, 3.05) is 31.2 Å². The summed E-state index contributed by atoms with van der Waals surface area (Å²) in [7, 11) is 0. The van der Waals surface area contributed by atoms with Gasteiger partial charge < -0.3 is 15.0 Å². The number of nitrogens with one attached hydrogen (secondary N) is 1. The summed E-state index contributed by atoms with van der Waals surface area (Å²) in [4.78, 5) is 19.0. The second-order valence-electron chi connectivity index (χ2n) is 6.27. The molecule has 3 rings (SSSR count).